The highest BCUT2D eigenvalue weighted by molar-refractivity contribution is 5.90. The van der Waals surface area contributed by atoms with Gasteiger partial charge < -0.3 is 5.73 Å². The number of nitrogens with zero attached hydrogens (tertiary/aromatic N) is 2. The Morgan fingerprint density at radius 3 is 2.00 bits per heavy atom. The monoisotopic (exact) mass is 379 g/mol. The molecule has 2 aromatic rings. The van der Waals surface area contributed by atoms with E-state index in [4.69, 9.17) is 5.73 Å². The largest absolute Gasteiger partial charge is 0.417 e. The Morgan fingerprint density at radius 2 is 1.54 bits per heavy atom. The molecule has 0 amide bonds. The summed E-state index contributed by atoms with van der Waals surface area (Å²) in [5.41, 5.74) is -1.48. The van der Waals surface area contributed by atoms with Gasteiger partial charge in [0.2, 0.25) is 5.69 Å². The molecule has 0 saturated carbocycles. The van der Waals surface area contributed by atoms with Crippen molar-refractivity contribution < 1.29 is 31.3 Å². The zero-order valence-corrected chi connectivity index (χ0v) is 12.4. The first-order chi connectivity index (χ1) is 11.9. The minimum atomic E-state index is -5.18. The van der Waals surface area contributed by atoms with Crippen molar-refractivity contribution >= 4 is 17.1 Å². The first kappa shape index (κ1) is 19.1. The molecule has 0 aliphatic rings. The van der Waals surface area contributed by atoms with Crippen LogP contribution in [0.4, 0.5) is 43.4 Å². The Balaban J connectivity index is 2.81. The summed E-state index contributed by atoms with van der Waals surface area (Å²) in [6, 6.07) is 2.32. The average molecular weight is 379 g/mol. The Hall–Kier alpha value is -3.18. The smallest absolute Gasteiger partial charge is 0.396 e. The number of nitro groups is 1. The first-order valence-electron chi connectivity index (χ1n) is 6.57. The van der Waals surface area contributed by atoms with Gasteiger partial charge in [0.05, 0.1) is 21.7 Å². The number of hydrogen-bond donors (Lipinski definition) is 1. The molecule has 0 spiro atoms. The molecule has 0 heterocycles. The summed E-state index contributed by atoms with van der Waals surface area (Å²) in [6.07, 6.45) is -10.2. The van der Waals surface area contributed by atoms with Crippen LogP contribution in [0, 0.1) is 15.0 Å². The minimum absolute atomic E-state index is 0.107. The van der Waals surface area contributed by atoms with E-state index in [0.29, 0.717) is 18.2 Å². The Bertz CT molecular complexity index is 893. The highest BCUT2D eigenvalue weighted by Crippen LogP contribution is 2.45. The maximum absolute atomic E-state index is 13.2. The van der Waals surface area contributed by atoms with E-state index in [9.17, 15) is 41.4 Å². The van der Waals surface area contributed by atoms with Gasteiger partial charge in [-0.05, 0) is 28.9 Å². The van der Waals surface area contributed by atoms with Crippen molar-refractivity contribution in [3.05, 3.63) is 56.5 Å². The molecule has 0 fully saturated rings. The van der Waals surface area contributed by atoms with E-state index in [2.05, 4.69) is 5.18 Å². The molecule has 0 aliphatic heterocycles. The van der Waals surface area contributed by atoms with Gasteiger partial charge in [0, 0.05) is 11.6 Å². The molecule has 0 aliphatic carbocycles. The second kappa shape index (κ2) is 6.28. The van der Waals surface area contributed by atoms with Gasteiger partial charge in [0.1, 0.15) is 0 Å². The topological polar surface area (TPSA) is 98.6 Å². The van der Waals surface area contributed by atoms with Crippen molar-refractivity contribution in [2.45, 2.75) is 12.4 Å². The van der Waals surface area contributed by atoms with Crippen molar-refractivity contribution in [1.82, 2.24) is 0 Å². The number of benzene rings is 2. The lowest BCUT2D eigenvalue weighted by molar-refractivity contribution is -0.384. The molecule has 26 heavy (non-hydrogen) atoms. The molecule has 0 aromatic heterocycles. The van der Waals surface area contributed by atoms with Gasteiger partial charge in [-0.1, -0.05) is 6.07 Å². The van der Waals surface area contributed by atoms with Crippen LogP contribution in [0.25, 0.3) is 11.1 Å². The number of anilines is 1. The third kappa shape index (κ3) is 3.43. The van der Waals surface area contributed by atoms with Crippen LogP contribution < -0.4 is 5.73 Å². The number of nitrogens with two attached hydrogens (primary N) is 1. The summed E-state index contributed by atoms with van der Waals surface area (Å²) in [7, 11) is 0. The van der Waals surface area contributed by atoms with Crippen LogP contribution in [0.5, 0.6) is 0 Å². The molecule has 0 saturated heterocycles. The van der Waals surface area contributed by atoms with Crippen molar-refractivity contribution in [1.29, 1.82) is 0 Å². The molecule has 2 rings (SSSR count). The van der Waals surface area contributed by atoms with E-state index in [-0.39, 0.29) is 6.07 Å². The van der Waals surface area contributed by atoms with E-state index < -0.39 is 56.6 Å². The number of hydrogen-bond acceptors (Lipinski definition) is 5. The van der Waals surface area contributed by atoms with Gasteiger partial charge in [-0.3, -0.25) is 10.1 Å². The third-order valence-electron chi connectivity index (χ3n) is 3.43. The maximum Gasteiger partial charge on any atom is 0.417 e. The van der Waals surface area contributed by atoms with Gasteiger partial charge in [-0.25, -0.2) is 0 Å². The van der Waals surface area contributed by atoms with Gasteiger partial charge in [0.15, 0.2) is 0 Å². The van der Waals surface area contributed by atoms with Gasteiger partial charge in [-0.15, -0.1) is 4.91 Å². The SMILES string of the molecule is Nc1c(-c2ccc(C(F)(F)F)cc2C(F)(F)F)ccc([N+](=O)[O-])c1N=O. The van der Waals surface area contributed by atoms with E-state index >= 15 is 0 Å². The van der Waals surface area contributed by atoms with Crippen LogP contribution in [0.3, 0.4) is 0 Å². The maximum atomic E-state index is 13.2. The first-order valence-corrected chi connectivity index (χ1v) is 6.57. The second-order valence-corrected chi connectivity index (χ2v) is 5.00. The fraction of sp³-hybridized carbons (Fsp3) is 0.143. The van der Waals surface area contributed by atoms with Gasteiger partial charge in [-0.2, -0.15) is 26.3 Å². The lowest BCUT2D eigenvalue weighted by Gasteiger charge is -2.17. The minimum Gasteiger partial charge on any atom is -0.396 e. The summed E-state index contributed by atoms with van der Waals surface area (Å²) in [5, 5.41) is 13.2. The molecule has 12 heteroatoms. The highest BCUT2D eigenvalue weighted by Gasteiger charge is 2.39. The Kier molecular flexibility index (Phi) is 4.62. The van der Waals surface area contributed by atoms with E-state index in [0.717, 1.165) is 6.07 Å². The zero-order chi connectivity index (χ0) is 19.9. The molecule has 138 valence electrons. The van der Waals surface area contributed by atoms with Crippen molar-refractivity contribution in [2.24, 2.45) is 5.18 Å². The second-order valence-electron chi connectivity index (χ2n) is 5.00. The normalized spacial score (nSPS) is 12.1. The number of alkyl halides is 6. The van der Waals surface area contributed by atoms with Crippen LogP contribution in [-0.4, -0.2) is 4.92 Å². The third-order valence-corrected chi connectivity index (χ3v) is 3.43. The van der Waals surface area contributed by atoms with Crippen molar-refractivity contribution in [2.75, 3.05) is 5.73 Å². The number of nitroso groups, excluding NO2 is 1. The molecule has 6 nitrogen and oxygen atoms in total. The van der Waals surface area contributed by atoms with Crippen LogP contribution in [0.1, 0.15) is 11.1 Å². The van der Waals surface area contributed by atoms with Crippen LogP contribution in [0.2, 0.25) is 0 Å². The number of nitro benzene ring substituents is 1. The fourth-order valence-electron chi connectivity index (χ4n) is 2.26. The summed E-state index contributed by atoms with van der Waals surface area (Å²) < 4.78 is 77.8. The molecule has 2 aromatic carbocycles. The van der Waals surface area contributed by atoms with Crippen molar-refractivity contribution in [3.8, 4) is 11.1 Å². The summed E-state index contributed by atoms with van der Waals surface area (Å²) in [5.74, 6) is 0. The highest BCUT2D eigenvalue weighted by atomic mass is 19.4. The molecular formula is C14H7F6N3O3. The lowest BCUT2D eigenvalue weighted by atomic mass is 9.94. The predicted octanol–water partition coefficient (Wildman–Crippen LogP) is 5.28. The van der Waals surface area contributed by atoms with Gasteiger partial charge in [0.25, 0.3) is 0 Å². The molecule has 0 atom stereocenters. The zero-order valence-electron chi connectivity index (χ0n) is 12.4. The van der Waals surface area contributed by atoms with Gasteiger partial charge >= 0.3 is 18.0 Å². The molecule has 0 bridgehead atoms. The quantitative estimate of drug-likeness (QED) is 0.258. The van der Waals surface area contributed by atoms with Crippen molar-refractivity contribution in [3.63, 3.8) is 0 Å². The van der Waals surface area contributed by atoms with E-state index in [1.807, 2.05) is 0 Å². The van der Waals surface area contributed by atoms with Crippen LogP contribution in [0.15, 0.2) is 35.5 Å². The van der Waals surface area contributed by atoms with Crippen LogP contribution >= 0.6 is 0 Å². The van der Waals surface area contributed by atoms with Crippen LogP contribution in [-0.2, 0) is 12.4 Å². The predicted molar refractivity (Wildman–Crippen MR) is 78.4 cm³/mol. The van der Waals surface area contributed by atoms with E-state index in [1.54, 1.807) is 0 Å². The molecule has 0 radical (unpaired) electrons. The van der Waals surface area contributed by atoms with E-state index in [1.165, 1.54) is 0 Å². The number of halogens is 6. The average Bonchev–Trinajstić information content (AvgIpc) is 2.52. The summed E-state index contributed by atoms with van der Waals surface area (Å²) >= 11 is 0. The number of nitrogen functional groups attached to an aromatic ring is 1. The molecular weight excluding hydrogens is 372 g/mol. The Morgan fingerprint density at radius 1 is 0.962 bits per heavy atom. The fourth-order valence-corrected chi connectivity index (χ4v) is 2.26. The number of rotatable bonds is 3. The standard InChI is InChI=1S/C14H7F6N3O3/c15-13(16,17)6-1-2-7(9(5-6)14(18,19)20)8-3-4-10(23(25)26)12(22-24)11(8)21/h1-5H,21H2. The summed E-state index contributed by atoms with van der Waals surface area (Å²) in [4.78, 5) is 20.6. The molecule has 2 N–H and O–H groups in total. The Labute approximate surface area is 140 Å². The lowest BCUT2D eigenvalue weighted by Crippen LogP contribution is -2.12. The molecule has 0 unspecified atom stereocenters. The summed E-state index contributed by atoms with van der Waals surface area (Å²) in [6.45, 7) is 0.